The summed E-state index contributed by atoms with van der Waals surface area (Å²) in [5, 5.41) is 10.3. The molecule has 0 fully saturated rings. The van der Waals surface area contributed by atoms with Gasteiger partial charge < -0.3 is 5.11 Å². The predicted octanol–water partition coefficient (Wildman–Crippen LogP) is 8.26. The van der Waals surface area contributed by atoms with Crippen LogP contribution in [0.15, 0.2) is 48.5 Å². The number of benzene rings is 2. The Labute approximate surface area is 183 Å². The maximum atomic E-state index is 12.5. The van der Waals surface area contributed by atoms with Crippen LogP contribution < -0.4 is 0 Å². The lowest BCUT2D eigenvalue weighted by Crippen LogP contribution is -2.02. The van der Waals surface area contributed by atoms with E-state index in [-0.39, 0.29) is 11.5 Å². The molecule has 0 saturated heterocycles. The fraction of sp³-hybridized carbons (Fsp3) is 0.536. The molecule has 0 aliphatic carbocycles. The molecule has 0 radical (unpaired) electrons. The minimum atomic E-state index is -0.124. The summed E-state index contributed by atoms with van der Waals surface area (Å²) in [6, 6.07) is 14.6. The molecular weight excluding hydrogens is 368 g/mol. The van der Waals surface area contributed by atoms with E-state index in [0.29, 0.717) is 11.1 Å². The van der Waals surface area contributed by atoms with Gasteiger partial charge in [0, 0.05) is 5.56 Å². The van der Waals surface area contributed by atoms with Gasteiger partial charge in [-0.25, -0.2) is 0 Å². The summed E-state index contributed by atoms with van der Waals surface area (Å²) < 4.78 is 0. The highest BCUT2D eigenvalue weighted by atomic mass is 16.3. The maximum absolute atomic E-state index is 12.5. The first-order valence-electron chi connectivity index (χ1n) is 12.1. The van der Waals surface area contributed by atoms with Gasteiger partial charge in [0.15, 0.2) is 5.78 Å². The van der Waals surface area contributed by atoms with Crippen molar-refractivity contribution in [1.82, 2.24) is 0 Å². The number of unbranched alkanes of at least 4 members (excludes halogenated alkanes) is 12. The first-order chi connectivity index (χ1) is 14.7. The monoisotopic (exact) mass is 408 g/mol. The number of ketones is 1. The number of aromatic hydroxyl groups is 1. The lowest BCUT2D eigenvalue weighted by molar-refractivity contribution is 0.103. The number of phenolic OH excluding ortho intramolecular Hbond substituents is 1. The third-order valence-corrected chi connectivity index (χ3v) is 5.91. The van der Waals surface area contributed by atoms with Crippen molar-refractivity contribution in [2.75, 3.05) is 0 Å². The zero-order valence-corrected chi connectivity index (χ0v) is 18.9. The Morgan fingerprint density at radius 1 is 0.700 bits per heavy atom. The number of phenols is 1. The van der Waals surface area contributed by atoms with Crippen LogP contribution in [0.1, 0.15) is 112 Å². The molecule has 0 saturated carbocycles. The lowest BCUT2D eigenvalue weighted by atomic mass is 9.98. The molecule has 0 bridgehead atoms. The summed E-state index contributed by atoms with van der Waals surface area (Å²) in [6.45, 7) is 2.27. The Bertz CT molecular complexity index is 721. The van der Waals surface area contributed by atoms with Crippen LogP contribution in [0.3, 0.4) is 0 Å². The number of hydrogen-bond donors (Lipinski definition) is 1. The fourth-order valence-corrected chi connectivity index (χ4v) is 4.02. The minimum Gasteiger partial charge on any atom is -0.507 e. The van der Waals surface area contributed by atoms with Crippen LogP contribution in [0.2, 0.25) is 0 Å². The minimum absolute atomic E-state index is 0.0936. The van der Waals surface area contributed by atoms with Crippen molar-refractivity contribution >= 4 is 5.78 Å². The molecule has 0 unspecified atom stereocenters. The summed E-state index contributed by atoms with van der Waals surface area (Å²) in [4.78, 5) is 12.5. The number of carbonyl (C=O) groups is 1. The van der Waals surface area contributed by atoms with Crippen LogP contribution in [0, 0.1) is 0 Å². The summed E-state index contributed by atoms with van der Waals surface area (Å²) in [6.07, 6.45) is 18.5. The van der Waals surface area contributed by atoms with Gasteiger partial charge in [0.05, 0.1) is 5.56 Å². The fourth-order valence-electron chi connectivity index (χ4n) is 4.02. The van der Waals surface area contributed by atoms with Gasteiger partial charge in [-0.1, -0.05) is 120 Å². The van der Waals surface area contributed by atoms with E-state index < -0.39 is 0 Å². The van der Waals surface area contributed by atoms with Crippen molar-refractivity contribution in [2.45, 2.75) is 96.8 Å². The van der Waals surface area contributed by atoms with Gasteiger partial charge in [0.25, 0.3) is 0 Å². The lowest BCUT2D eigenvalue weighted by Gasteiger charge is -2.07. The quantitative estimate of drug-likeness (QED) is 0.224. The van der Waals surface area contributed by atoms with E-state index in [2.05, 4.69) is 6.92 Å². The molecule has 2 rings (SSSR count). The van der Waals surface area contributed by atoms with Gasteiger partial charge in [-0.3, -0.25) is 4.79 Å². The SMILES string of the molecule is CCCCCCCCCCCCCCCc1ccc(C(=O)c2ccccc2)c(O)c1. The average Bonchev–Trinajstić information content (AvgIpc) is 2.77. The Morgan fingerprint density at radius 3 is 1.77 bits per heavy atom. The summed E-state index contributed by atoms with van der Waals surface area (Å²) in [5.41, 5.74) is 2.10. The van der Waals surface area contributed by atoms with E-state index in [1.165, 1.54) is 77.0 Å². The molecule has 2 nitrogen and oxygen atoms in total. The van der Waals surface area contributed by atoms with Crippen molar-refractivity contribution < 1.29 is 9.90 Å². The molecule has 0 aromatic heterocycles. The van der Waals surface area contributed by atoms with E-state index in [9.17, 15) is 9.90 Å². The first kappa shape index (κ1) is 24.2. The highest BCUT2D eigenvalue weighted by Gasteiger charge is 2.13. The first-order valence-corrected chi connectivity index (χ1v) is 12.1. The van der Waals surface area contributed by atoms with Crippen LogP contribution in [-0.2, 0) is 6.42 Å². The predicted molar refractivity (Wildman–Crippen MR) is 127 cm³/mol. The van der Waals surface area contributed by atoms with Crippen LogP contribution >= 0.6 is 0 Å². The molecule has 0 heterocycles. The second-order valence-corrected chi connectivity index (χ2v) is 8.54. The molecule has 0 amide bonds. The molecule has 164 valence electrons. The second-order valence-electron chi connectivity index (χ2n) is 8.54. The van der Waals surface area contributed by atoms with Gasteiger partial charge >= 0.3 is 0 Å². The molecule has 2 aromatic carbocycles. The van der Waals surface area contributed by atoms with E-state index in [1.54, 1.807) is 24.3 Å². The molecule has 30 heavy (non-hydrogen) atoms. The van der Waals surface area contributed by atoms with Crippen molar-refractivity contribution in [1.29, 1.82) is 0 Å². The smallest absolute Gasteiger partial charge is 0.196 e. The van der Waals surface area contributed by atoms with Gasteiger partial charge in [-0.2, -0.15) is 0 Å². The number of carbonyl (C=O) groups excluding carboxylic acids is 1. The second kappa shape index (κ2) is 14.8. The Morgan fingerprint density at radius 2 is 1.23 bits per heavy atom. The van der Waals surface area contributed by atoms with Gasteiger partial charge in [-0.05, 0) is 30.5 Å². The highest BCUT2D eigenvalue weighted by Crippen LogP contribution is 2.23. The summed E-state index contributed by atoms with van der Waals surface area (Å²) in [5.74, 6) is -0.0309. The van der Waals surface area contributed by atoms with E-state index in [4.69, 9.17) is 0 Å². The van der Waals surface area contributed by atoms with Gasteiger partial charge in [-0.15, -0.1) is 0 Å². The average molecular weight is 409 g/mol. The van der Waals surface area contributed by atoms with E-state index in [1.807, 2.05) is 24.3 Å². The topological polar surface area (TPSA) is 37.3 Å². The molecular formula is C28H40O2. The number of hydrogen-bond acceptors (Lipinski definition) is 2. The van der Waals surface area contributed by atoms with Gasteiger partial charge in [0.2, 0.25) is 0 Å². The summed E-state index contributed by atoms with van der Waals surface area (Å²) in [7, 11) is 0. The molecule has 1 N–H and O–H groups in total. The van der Waals surface area contributed by atoms with Crippen molar-refractivity contribution in [3.05, 3.63) is 65.2 Å². The zero-order valence-electron chi connectivity index (χ0n) is 18.9. The molecule has 2 heteroatoms. The maximum Gasteiger partial charge on any atom is 0.196 e. The number of rotatable bonds is 16. The van der Waals surface area contributed by atoms with Crippen molar-refractivity contribution in [3.8, 4) is 5.75 Å². The van der Waals surface area contributed by atoms with Crippen LogP contribution in [0.4, 0.5) is 0 Å². The Hall–Kier alpha value is -2.09. The molecule has 0 atom stereocenters. The van der Waals surface area contributed by atoms with Gasteiger partial charge in [0.1, 0.15) is 5.75 Å². The van der Waals surface area contributed by atoms with Crippen LogP contribution in [0.5, 0.6) is 5.75 Å². The highest BCUT2D eigenvalue weighted by molar-refractivity contribution is 6.10. The molecule has 2 aromatic rings. The third kappa shape index (κ3) is 9.15. The molecule has 0 aliphatic rings. The largest absolute Gasteiger partial charge is 0.507 e. The standard InChI is InChI=1S/C28H40O2/c1-2-3-4-5-6-7-8-9-10-11-12-13-15-18-24-21-22-26(27(29)23-24)28(30)25-19-16-14-17-20-25/h14,16-17,19-23,29H,2-13,15,18H2,1H3. The molecule has 0 spiro atoms. The normalized spacial score (nSPS) is 11.0. The van der Waals surface area contributed by atoms with E-state index in [0.717, 1.165) is 18.4 Å². The van der Waals surface area contributed by atoms with E-state index >= 15 is 0 Å². The number of aryl methyl sites for hydroxylation is 1. The van der Waals surface area contributed by atoms with Crippen molar-refractivity contribution in [2.24, 2.45) is 0 Å². The Balaban J connectivity index is 1.55. The van der Waals surface area contributed by atoms with Crippen molar-refractivity contribution in [3.63, 3.8) is 0 Å². The molecule has 0 aliphatic heterocycles. The van der Waals surface area contributed by atoms with Crippen LogP contribution in [0.25, 0.3) is 0 Å². The van der Waals surface area contributed by atoms with Crippen LogP contribution in [-0.4, -0.2) is 10.9 Å². The summed E-state index contributed by atoms with van der Waals surface area (Å²) >= 11 is 0. The zero-order chi connectivity index (χ0) is 21.4. The third-order valence-electron chi connectivity index (χ3n) is 5.91. The Kier molecular flexibility index (Phi) is 11.9.